The van der Waals surface area contributed by atoms with Crippen LogP contribution in [0.25, 0.3) is 0 Å². The van der Waals surface area contributed by atoms with Gasteiger partial charge in [-0.2, -0.15) is 0 Å². The van der Waals surface area contributed by atoms with E-state index in [1.165, 1.54) is 19.2 Å². The highest BCUT2D eigenvalue weighted by atomic mass is 16.5. The van der Waals surface area contributed by atoms with Crippen molar-refractivity contribution >= 4 is 5.91 Å². The number of amides is 1. The molecule has 18 heavy (non-hydrogen) atoms. The second-order valence-electron chi connectivity index (χ2n) is 4.69. The highest BCUT2D eigenvalue weighted by Gasteiger charge is 2.22. The van der Waals surface area contributed by atoms with Crippen LogP contribution in [0.1, 0.15) is 30.6 Å². The summed E-state index contributed by atoms with van der Waals surface area (Å²) in [5, 5.41) is 21.3. The van der Waals surface area contributed by atoms with Crippen molar-refractivity contribution in [3.63, 3.8) is 0 Å². The second-order valence-corrected chi connectivity index (χ2v) is 4.69. The molecule has 0 saturated heterocycles. The number of methoxy groups -OCH3 is 1. The van der Waals surface area contributed by atoms with Gasteiger partial charge in [-0.05, 0) is 38.5 Å². The van der Waals surface area contributed by atoms with Crippen LogP contribution in [0.3, 0.4) is 0 Å². The molecule has 0 radical (unpaired) electrons. The Morgan fingerprint density at radius 3 is 2.67 bits per heavy atom. The summed E-state index contributed by atoms with van der Waals surface area (Å²) in [4.78, 5) is 12.0. The van der Waals surface area contributed by atoms with Crippen LogP contribution in [0.15, 0.2) is 18.2 Å². The van der Waals surface area contributed by atoms with Gasteiger partial charge in [0.2, 0.25) is 0 Å². The number of aliphatic hydroxyl groups excluding tert-OH is 1. The average Bonchev–Trinajstić information content (AvgIpc) is 2.28. The number of benzene rings is 1. The largest absolute Gasteiger partial charge is 0.507 e. The lowest BCUT2D eigenvalue weighted by atomic mass is 10.0. The molecule has 0 saturated carbocycles. The maximum absolute atomic E-state index is 12.0. The smallest absolute Gasteiger partial charge is 0.255 e. The summed E-state index contributed by atoms with van der Waals surface area (Å²) in [6.45, 7) is 3.59. The Kier molecular flexibility index (Phi) is 4.55. The van der Waals surface area contributed by atoms with E-state index in [0.29, 0.717) is 12.2 Å². The molecule has 3 N–H and O–H groups in total. The maximum atomic E-state index is 12.0. The molecule has 5 nitrogen and oxygen atoms in total. The molecule has 0 atom stereocenters. The van der Waals surface area contributed by atoms with Gasteiger partial charge in [0.25, 0.3) is 5.91 Å². The first kappa shape index (κ1) is 14.3. The van der Waals surface area contributed by atoms with Crippen molar-refractivity contribution in [1.29, 1.82) is 0 Å². The third kappa shape index (κ3) is 3.63. The number of hydrogen-bond acceptors (Lipinski definition) is 4. The zero-order chi connectivity index (χ0) is 13.8. The highest BCUT2D eigenvalue weighted by molar-refractivity contribution is 5.97. The zero-order valence-corrected chi connectivity index (χ0v) is 10.9. The van der Waals surface area contributed by atoms with Crippen LogP contribution in [0, 0.1) is 0 Å². The lowest BCUT2D eigenvalue weighted by Crippen LogP contribution is -2.44. The van der Waals surface area contributed by atoms with E-state index in [2.05, 4.69) is 5.32 Å². The third-order valence-electron chi connectivity index (χ3n) is 2.64. The molecular formula is C13H19NO4. The van der Waals surface area contributed by atoms with Crippen molar-refractivity contribution in [3.8, 4) is 11.5 Å². The van der Waals surface area contributed by atoms with E-state index in [1.807, 2.05) is 0 Å². The fourth-order valence-electron chi connectivity index (χ4n) is 1.54. The SMILES string of the molecule is COc1ccc(O)c(C(=O)NC(C)(C)CCO)c1. The van der Waals surface area contributed by atoms with E-state index in [4.69, 9.17) is 9.84 Å². The summed E-state index contributed by atoms with van der Waals surface area (Å²) in [6, 6.07) is 4.46. The van der Waals surface area contributed by atoms with E-state index in [1.54, 1.807) is 19.9 Å². The Labute approximate surface area is 106 Å². The van der Waals surface area contributed by atoms with Gasteiger partial charge in [0.1, 0.15) is 11.5 Å². The van der Waals surface area contributed by atoms with Gasteiger partial charge >= 0.3 is 0 Å². The molecule has 0 aliphatic rings. The third-order valence-corrected chi connectivity index (χ3v) is 2.64. The number of carbonyl (C=O) groups is 1. The van der Waals surface area contributed by atoms with Crippen LogP contribution in [0.5, 0.6) is 11.5 Å². The van der Waals surface area contributed by atoms with E-state index >= 15 is 0 Å². The van der Waals surface area contributed by atoms with E-state index < -0.39 is 11.4 Å². The number of phenols is 1. The number of aromatic hydroxyl groups is 1. The van der Waals surface area contributed by atoms with E-state index in [9.17, 15) is 9.90 Å². The van der Waals surface area contributed by atoms with Crippen LogP contribution in [0.4, 0.5) is 0 Å². The summed E-state index contributed by atoms with van der Waals surface area (Å²) >= 11 is 0. The van der Waals surface area contributed by atoms with Crippen molar-refractivity contribution < 1.29 is 19.7 Å². The van der Waals surface area contributed by atoms with Crippen LogP contribution >= 0.6 is 0 Å². The first-order valence-electron chi connectivity index (χ1n) is 5.70. The van der Waals surface area contributed by atoms with Gasteiger partial charge in [-0.25, -0.2) is 0 Å². The molecule has 0 aromatic heterocycles. The van der Waals surface area contributed by atoms with E-state index in [-0.39, 0.29) is 17.9 Å². The highest BCUT2D eigenvalue weighted by Crippen LogP contribution is 2.23. The van der Waals surface area contributed by atoms with Crippen LogP contribution in [-0.4, -0.2) is 35.4 Å². The minimum absolute atomic E-state index is 0.0165. The zero-order valence-electron chi connectivity index (χ0n) is 10.9. The maximum Gasteiger partial charge on any atom is 0.255 e. The summed E-state index contributed by atoms with van der Waals surface area (Å²) in [7, 11) is 1.49. The van der Waals surface area contributed by atoms with Crippen LogP contribution < -0.4 is 10.1 Å². The molecule has 1 rings (SSSR count). The van der Waals surface area contributed by atoms with Gasteiger partial charge in [-0.1, -0.05) is 0 Å². The van der Waals surface area contributed by atoms with Gasteiger partial charge in [-0.3, -0.25) is 4.79 Å². The Bertz CT molecular complexity index is 429. The fraction of sp³-hybridized carbons (Fsp3) is 0.462. The molecule has 5 heteroatoms. The van der Waals surface area contributed by atoms with Crippen molar-refractivity contribution in [3.05, 3.63) is 23.8 Å². The lowest BCUT2D eigenvalue weighted by Gasteiger charge is -2.25. The molecule has 1 amide bonds. The van der Waals surface area contributed by atoms with Gasteiger partial charge in [0.15, 0.2) is 0 Å². The lowest BCUT2D eigenvalue weighted by molar-refractivity contribution is 0.0896. The summed E-state index contributed by atoms with van der Waals surface area (Å²) < 4.78 is 5.01. The number of hydrogen-bond donors (Lipinski definition) is 3. The number of nitrogens with one attached hydrogen (secondary N) is 1. The van der Waals surface area contributed by atoms with Crippen molar-refractivity contribution in [2.75, 3.05) is 13.7 Å². The number of rotatable bonds is 5. The quantitative estimate of drug-likeness (QED) is 0.739. The van der Waals surface area contributed by atoms with Gasteiger partial charge in [-0.15, -0.1) is 0 Å². The Hall–Kier alpha value is -1.75. The van der Waals surface area contributed by atoms with Crippen molar-refractivity contribution in [2.45, 2.75) is 25.8 Å². The molecule has 0 bridgehead atoms. The summed E-state index contributed by atoms with van der Waals surface area (Å²) in [6.07, 6.45) is 0.434. The normalized spacial score (nSPS) is 11.1. The number of ether oxygens (including phenoxy) is 1. The molecule has 0 fully saturated rings. The molecule has 100 valence electrons. The molecular weight excluding hydrogens is 234 g/mol. The van der Waals surface area contributed by atoms with Gasteiger partial charge in [0.05, 0.1) is 12.7 Å². The number of phenolic OH excluding ortho intramolecular Hbond substituents is 1. The predicted octanol–water partition coefficient (Wildman–Crippen LogP) is 1.29. The molecule has 0 unspecified atom stereocenters. The molecule has 0 spiro atoms. The van der Waals surface area contributed by atoms with Gasteiger partial charge in [0, 0.05) is 12.1 Å². The van der Waals surface area contributed by atoms with E-state index in [0.717, 1.165) is 0 Å². The summed E-state index contributed by atoms with van der Waals surface area (Å²) in [5.41, 5.74) is -0.387. The Balaban J connectivity index is 2.90. The minimum Gasteiger partial charge on any atom is -0.507 e. The molecule has 0 heterocycles. The standard InChI is InChI=1S/C13H19NO4/c1-13(2,6-7-15)14-12(17)10-8-9(18-3)4-5-11(10)16/h4-5,8,15-16H,6-7H2,1-3H3,(H,14,17). The number of aliphatic hydroxyl groups is 1. The minimum atomic E-state index is -0.540. The Morgan fingerprint density at radius 1 is 1.44 bits per heavy atom. The number of carbonyl (C=O) groups excluding carboxylic acids is 1. The van der Waals surface area contributed by atoms with Crippen LogP contribution in [0.2, 0.25) is 0 Å². The average molecular weight is 253 g/mol. The van der Waals surface area contributed by atoms with Crippen molar-refractivity contribution in [2.24, 2.45) is 0 Å². The first-order chi connectivity index (χ1) is 8.39. The molecule has 0 aliphatic carbocycles. The second kappa shape index (κ2) is 5.73. The fourth-order valence-corrected chi connectivity index (χ4v) is 1.54. The van der Waals surface area contributed by atoms with Gasteiger partial charge < -0.3 is 20.3 Å². The molecule has 0 aliphatic heterocycles. The van der Waals surface area contributed by atoms with Crippen molar-refractivity contribution in [1.82, 2.24) is 5.32 Å². The topological polar surface area (TPSA) is 78.8 Å². The monoisotopic (exact) mass is 253 g/mol. The molecule has 1 aromatic carbocycles. The predicted molar refractivity (Wildman–Crippen MR) is 67.9 cm³/mol. The first-order valence-corrected chi connectivity index (χ1v) is 5.70. The summed E-state index contributed by atoms with van der Waals surface area (Å²) in [5.74, 6) is -0.00383. The Morgan fingerprint density at radius 2 is 2.11 bits per heavy atom. The van der Waals surface area contributed by atoms with Crippen LogP contribution in [-0.2, 0) is 0 Å². The molecule has 1 aromatic rings.